The van der Waals surface area contributed by atoms with E-state index in [1.54, 1.807) is 50.0 Å². The maximum atomic E-state index is 12.3. The Balaban J connectivity index is 1.50. The normalized spacial score (nSPS) is 10.6. The highest BCUT2D eigenvalue weighted by molar-refractivity contribution is 7.19. The topological polar surface area (TPSA) is 86.7 Å². The number of aromatic nitrogens is 1. The molecule has 3 heterocycles. The van der Waals surface area contributed by atoms with Crippen LogP contribution in [0, 0.1) is 0 Å². The Kier molecular flexibility index (Phi) is 5.11. The van der Waals surface area contributed by atoms with Crippen molar-refractivity contribution >= 4 is 22.4 Å². The van der Waals surface area contributed by atoms with E-state index >= 15 is 0 Å². The van der Waals surface area contributed by atoms with E-state index < -0.39 is 0 Å². The van der Waals surface area contributed by atoms with Crippen LogP contribution in [0.2, 0.25) is 0 Å². The number of thiazole rings is 1. The highest BCUT2D eigenvalue weighted by Gasteiger charge is 2.20. The van der Waals surface area contributed by atoms with Crippen LogP contribution < -0.4 is 14.8 Å². The monoisotopic (exact) mass is 396 g/mol. The molecule has 0 aliphatic carbocycles. The van der Waals surface area contributed by atoms with Crippen molar-refractivity contribution in [3.8, 4) is 33.6 Å². The van der Waals surface area contributed by atoms with Gasteiger partial charge >= 0.3 is 0 Å². The first-order valence-electron chi connectivity index (χ1n) is 8.39. The predicted octanol–water partition coefficient (Wildman–Crippen LogP) is 4.69. The van der Waals surface area contributed by atoms with Crippen molar-refractivity contribution in [2.24, 2.45) is 0 Å². The lowest BCUT2D eigenvalue weighted by molar-refractivity contribution is -0.118. The zero-order valence-electron chi connectivity index (χ0n) is 14.9. The Morgan fingerprint density at radius 2 is 1.75 bits per heavy atom. The number of benzene rings is 1. The second kappa shape index (κ2) is 8.01. The first kappa shape index (κ1) is 17.9. The minimum atomic E-state index is -0.336. The summed E-state index contributed by atoms with van der Waals surface area (Å²) < 4.78 is 21.7. The molecular weight excluding hydrogens is 380 g/mol. The molecule has 4 rings (SSSR count). The van der Waals surface area contributed by atoms with E-state index in [1.807, 2.05) is 18.2 Å². The fraction of sp³-hybridized carbons (Fsp3) is 0.100. The fourth-order valence-electron chi connectivity index (χ4n) is 2.57. The van der Waals surface area contributed by atoms with Crippen LogP contribution in [0.15, 0.2) is 69.9 Å². The second-order valence-electron chi connectivity index (χ2n) is 5.64. The first-order chi connectivity index (χ1) is 13.7. The third-order valence-electron chi connectivity index (χ3n) is 3.80. The van der Waals surface area contributed by atoms with E-state index in [9.17, 15) is 4.79 Å². The Bertz CT molecular complexity index is 1000. The van der Waals surface area contributed by atoms with Crippen LogP contribution in [0.1, 0.15) is 0 Å². The molecule has 4 aromatic rings. The van der Waals surface area contributed by atoms with Crippen LogP contribution in [-0.4, -0.2) is 24.6 Å². The smallest absolute Gasteiger partial charge is 0.264 e. The number of hydrogen-bond donors (Lipinski definition) is 1. The number of rotatable bonds is 7. The van der Waals surface area contributed by atoms with Crippen LogP contribution in [0.3, 0.4) is 0 Å². The summed E-state index contributed by atoms with van der Waals surface area (Å²) in [5.74, 6) is 1.95. The fourth-order valence-corrected chi connectivity index (χ4v) is 3.52. The van der Waals surface area contributed by atoms with Gasteiger partial charge in [0.25, 0.3) is 5.91 Å². The van der Waals surface area contributed by atoms with Gasteiger partial charge in [0.15, 0.2) is 29.0 Å². The van der Waals surface area contributed by atoms with E-state index in [-0.39, 0.29) is 12.5 Å². The predicted molar refractivity (Wildman–Crippen MR) is 105 cm³/mol. The van der Waals surface area contributed by atoms with Gasteiger partial charge in [0, 0.05) is 0 Å². The molecule has 0 aliphatic rings. The minimum Gasteiger partial charge on any atom is -0.493 e. The molecule has 7 nitrogen and oxygen atoms in total. The third kappa shape index (κ3) is 3.77. The van der Waals surface area contributed by atoms with Crippen LogP contribution in [0.5, 0.6) is 11.5 Å². The molecule has 0 bridgehead atoms. The van der Waals surface area contributed by atoms with E-state index in [0.717, 1.165) is 4.88 Å². The van der Waals surface area contributed by atoms with Crippen molar-refractivity contribution in [1.82, 2.24) is 4.98 Å². The lowest BCUT2D eigenvalue weighted by atomic mass is 10.2. The molecule has 1 N–H and O–H groups in total. The Labute approximate surface area is 164 Å². The number of carbonyl (C=O) groups is 1. The van der Waals surface area contributed by atoms with E-state index in [2.05, 4.69) is 10.3 Å². The van der Waals surface area contributed by atoms with Crippen LogP contribution in [0.25, 0.3) is 22.1 Å². The summed E-state index contributed by atoms with van der Waals surface area (Å²) in [4.78, 5) is 17.6. The van der Waals surface area contributed by atoms with Crippen LogP contribution in [0.4, 0.5) is 5.13 Å². The molecule has 0 saturated heterocycles. The van der Waals surface area contributed by atoms with Crippen LogP contribution in [-0.2, 0) is 4.79 Å². The number of para-hydroxylation sites is 2. The standard InChI is InChI=1S/C20H16N2O5S/c1-24-13-6-2-3-7-14(13)27-12-17(23)21-20-22-18(15-8-4-10-25-15)19(28-20)16-9-5-11-26-16/h2-11H,12H2,1H3,(H,21,22,23). The summed E-state index contributed by atoms with van der Waals surface area (Å²) in [5.41, 5.74) is 0.603. The maximum Gasteiger partial charge on any atom is 0.264 e. The number of nitrogens with one attached hydrogen (secondary N) is 1. The number of carbonyl (C=O) groups excluding carboxylic acids is 1. The summed E-state index contributed by atoms with van der Waals surface area (Å²) in [5, 5.41) is 3.18. The molecule has 1 amide bonds. The minimum absolute atomic E-state index is 0.174. The summed E-state index contributed by atoms with van der Waals surface area (Å²) in [6.07, 6.45) is 3.15. The van der Waals surface area contributed by atoms with Crippen molar-refractivity contribution in [2.75, 3.05) is 19.0 Å². The van der Waals surface area contributed by atoms with Gasteiger partial charge in [0.2, 0.25) is 0 Å². The quantitative estimate of drug-likeness (QED) is 0.488. The number of amides is 1. The molecule has 8 heteroatoms. The number of anilines is 1. The summed E-state index contributed by atoms with van der Waals surface area (Å²) in [6, 6.07) is 14.3. The Morgan fingerprint density at radius 1 is 1.04 bits per heavy atom. The second-order valence-corrected chi connectivity index (χ2v) is 6.64. The zero-order valence-corrected chi connectivity index (χ0v) is 15.7. The molecule has 0 unspecified atom stereocenters. The number of methoxy groups -OCH3 is 1. The molecule has 0 fully saturated rings. The van der Waals surface area contributed by atoms with Gasteiger partial charge in [-0.2, -0.15) is 0 Å². The highest BCUT2D eigenvalue weighted by Crippen LogP contribution is 2.39. The summed E-state index contributed by atoms with van der Waals surface area (Å²) >= 11 is 1.30. The largest absolute Gasteiger partial charge is 0.493 e. The lowest BCUT2D eigenvalue weighted by Crippen LogP contribution is -2.20. The number of furan rings is 2. The summed E-state index contributed by atoms with van der Waals surface area (Å²) in [7, 11) is 1.55. The maximum absolute atomic E-state index is 12.3. The van der Waals surface area contributed by atoms with Gasteiger partial charge in [-0.15, -0.1) is 0 Å². The van der Waals surface area contributed by atoms with Gasteiger partial charge in [-0.3, -0.25) is 10.1 Å². The molecule has 0 aliphatic heterocycles. The van der Waals surface area contributed by atoms with Gasteiger partial charge in [0.1, 0.15) is 16.3 Å². The zero-order chi connectivity index (χ0) is 19.3. The highest BCUT2D eigenvalue weighted by atomic mass is 32.1. The van der Waals surface area contributed by atoms with Crippen LogP contribution >= 0.6 is 11.3 Å². The van der Waals surface area contributed by atoms with Crippen molar-refractivity contribution < 1.29 is 23.1 Å². The van der Waals surface area contributed by atoms with E-state index in [0.29, 0.717) is 33.8 Å². The first-order valence-corrected chi connectivity index (χ1v) is 9.20. The molecule has 3 aromatic heterocycles. The van der Waals surface area contributed by atoms with Gasteiger partial charge in [0.05, 0.1) is 19.6 Å². The van der Waals surface area contributed by atoms with E-state index in [4.69, 9.17) is 18.3 Å². The van der Waals surface area contributed by atoms with E-state index in [1.165, 1.54) is 11.3 Å². The molecule has 142 valence electrons. The molecule has 0 radical (unpaired) electrons. The average Bonchev–Trinajstić information content (AvgIpc) is 3.47. The van der Waals surface area contributed by atoms with Crippen molar-refractivity contribution in [3.05, 3.63) is 61.1 Å². The molecule has 1 aromatic carbocycles. The van der Waals surface area contributed by atoms with Crippen molar-refractivity contribution in [1.29, 1.82) is 0 Å². The Morgan fingerprint density at radius 3 is 2.43 bits per heavy atom. The molecule has 28 heavy (non-hydrogen) atoms. The van der Waals surface area contributed by atoms with Crippen molar-refractivity contribution in [2.45, 2.75) is 0 Å². The number of hydrogen-bond acceptors (Lipinski definition) is 7. The molecule has 0 saturated carbocycles. The third-order valence-corrected chi connectivity index (χ3v) is 4.79. The lowest BCUT2D eigenvalue weighted by Gasteiger charge is -2.09. The SMILES string of the molecule is COc1ccccc1OCC(=O)Nc1nc(-c2ccco2)c(-c2ccco2)s1. The van der Waals surface area contributed by atoms with Gasteiger partial charge in [-0.05, 0) is 36.4 Å². The summed E-state index contributed by atoms with van der Waals surface area (Å²) in [6.45, 7) is -0.174. The number of ether oxygens (including phenoxy) is 2. The van der Waals surface area contributed by atoms with Gasteiger partial charge in [-0.1, -0.05) is 23.5 Å². The molecular formula is C20H16N2O5S. The van der Waals surface area contributed by atoms with Gasteiger partial charge < -0.3 is 18.3 Å². The molecule has 0 atom stereocenters. The molecule has 0 spiro atoms. The number of nitrogens with zero attached hydrogens (tertiary/aromatic N) is 1. The van der Waals surface area contributed by atoms with Crippen molar-refractivity contribution in [3.63, 3.8) is 0 Å². The average molecular weight is 396 g/mol. The Hall–Kier alpha value is -3.52. The van der Waals surface area contributed by atoms with Gasteiger partial charge in [-0.25, -0.2) is 4.98 Å².